The Hall–Kier alpha value is -3.60. The van der Waals surface area contributed by atoms with Crippen molar-refractivity contribution in [2.24, 2.45) is 0 Å². The molecule has 2 heterocycles. The molecule has 10 nitrogen and oxygen atoms in total. The molecule has 1 aliphatic carbocycles. The van der Waals surface area contributed by atoms with Gasteiger partial charge in [0.25, 0.3) is 0 Å². The number of hydrogen-bond donors (Lipinski definition) is 3. The molecule has 1 amide bonds. The molecule has 0 saturated heterocycles. The molecule has 1 saturated carbocycles. The number of hydrogen-bond acceptors (Lipinski definition) is 8. The van der Waals surface area contributed by atoms with Crippen LogP contribution >= 0.6 is 7.14 Å². The Labute approximate surface area is 228 Å². The fourth-order valence-electron chi connectivity index (χ4n) is 4.59. The van der Waals surface area contributed by atoms with Crippen LogP contribution in [0.15, 0.2) is 24.5 Å². The second-order valence-corrected chi connectivity index (χ2v) is 14.2. The Bertz CT molecular complexity index is 1500. The molecule has 0 aliphatic heterocycles. The van der Waals surface area contributed by atoms with Crippen LogP contribution in [0.4, 0.5) is 23.9 Å². The minimum atomic E-state index is -4.75. The van der Waals surface area contributed by atoms with Gasteiger partial charge in [-0.05, 0) is 53.0 Å². The number of carbonyl (C=O) groups is 2. The van der Waals surface area contributed by atoms with Crippen LogP contribution in [-0.4, -0.2) is 65.1 Å². The van der Waals surface area contributed by atoms with E-state index in [2.05, 4.69) is 25.6 Å². The summed E-state index contributed by atoms with van der Waals surface area (Å²) in [6.45, 7) is 8.20. The number of anilines is 1. The Morgan fingerprint density at radius 1 is 1.12 bits per heavy atom. The number of aromatic amines is 1. The molecule has 2 aromatic heterocycles. The molecule has 0 radical (unpaired) electrons. The van der Waals surface area contributed by atoms with Gasteiger partial charge in [0.05, 0.1) is 23.9 Å². The summed E-state index contributed by atoms with van der Waals surface area (Å²) in [7, 11) is -1.89. The smallest absolute Gasteiger partial charge is 0.419 e. The van der Waals surface area contributed by atoms with Crippen molar-refractivity contribution in [2.45, 2.75) is 57.5 Å². The average molecular weight is 582 g/mol. The van der Waals surface area contributed by atoms with Crippen molar-refractivity contribution in [3.63, 3.8) is 0 Å². The second kappa shape index (κ2) is 10.4. The van der Waals surface area contributed by atoms with Gasteiger partial charge in [0.1, 0.15) is 18.3 Å². The number of nitrogens with zero attached hydrogens (tertiary/aromatic N) is 2. The van der Waals surface area contributed by atoms with Gasteiger partial charge >= 0.3 is 18.2 Å². The van der Waals surface area contributed by atoms with E-state index >= 15 is 0 Å². The second-order valence-electron chi connectivity index (χ2n) is 11.0. The maximum atomic E-state index is 14.0. The van der Waals surface area contributed by atoms with Crippen LogP contribution in [0.25, 0.3) is 22.2 Å². The minimum Gasteiger partial charge on any atom is -0.465 e. The van der Waals surface area contributed by atoms with Crippen LogP contribution in [-0.2, 0) is 20.2 Å². The molecule has 0 unspecified atom stereocenters. The third-order valence-corrected chi connectivity index (χ3v) is 7.86. The van der Waals surface area contributed by atoms with Gasteiger partial charge in [0.15, 0.2) is 0 Å². The average Bonchev–Trinajstić information content (AvgIpc) is 3.22. The van der Waals surface area contributed by atoms with E-state index < -0.39 is 36.5 Å². The molecule has 14 heteroatoms. The Morgan fingerprint density at radius 2 is 1.80 bits per heavy atom. The van der Waals surface area contributed by atoms with E-state index in [-0.39, 0.29) is 45.7 Å². The number of H-pyrrole nitrogens is 1. The highest BCUT2D eigenvalue weighted by molar-refractivity contribution is 7.70. The van der Waals surface area contributed by atoms with E-state index in [1.807, 2.05) is 0 Å². The largest absolute Gasteiger partial charge is 0.465 e. The topological polar surface area (TPSA) is 135 Å². The van der Waals surface area contributed by atoms with E-state index in [1.54, 1.807) is 20.8 Å². The molecule has 1 aromatic carbocycles. The van der Waals surface area contributed by atoms with Crippen LogP contribution in [0.5, 0.6) is 0 Å². The highest BCUT2D eigenvalue weighted by atomic mass is 31.2. The van der Waals surface area contributed by atoms with E-state index in [1.165, 1.54) is 38.8 Å². The first-order valence-electron chi connectivity index (χ1n) is 12.5. The van der Waals surface area contributed by atoms with Crippen molar-refractivity contribution in [3.8, 4) is 11.3 Å². The van der Waals surface area contributed by atoms with Crippen molar-refractivity contribution >= 4 is 41.4 Å². The van der Waals surface area contributed by atoms with Crippen LogP contribution < -0.4 is 15.9 Å². The maximum absolute atomic E-state index is 14.0. The molecule has 1 aliphatic rings. The summed E-state index contributed by atoms with van der Waals surface area (Å²) in [5.74, 6) is -0.720. The molecular weight excluding hydrogens is 550 g/mol. The van der Waals surface area contributed by atoms with E-state index in [4.69, 9.17) is 9.47 Å². The third-order valence-electron chi connectivity index (χ3n) is 6.31. The molecule has 0 atom stereocenters. The number of aromatic nitrogens is 3. The molecule has 3 aromatic rings. The van der Waals surface area contributed by atoms with Crippen LogP contribution in [0, 0.1) is 0 Å². The van der Waals surface area contributed by atoms with Crippen LogP contribution in [0.3, 0.4) is 0 Å². The van der Waals surface area contributed by atoms with Gasteiger partial charge in [-0.1, -0.05) is 6.07 Å². The molecule has 4 rings (SSSR count). The highest BCUT2D eigenvalue weighted by Gasteiger charge is 2.38. The van der Waals surface area contributed by atoms with E-state index in [0.717, 1.165) is 0 Å². The number of halogens is 3. The molecule has 3 N–H and O–H groups in total. The SMILES string of the molecule is COC(=O)c1ccc2c(-c3nc(N[C@H]4C[C@H](NC(=O)OC(C)(C)C)C4)ncc3C(F)(F)F)c[nH]c2c1P(C)(C)=O. The maximum Gasteiger partial charge on any atom is 0.419 e. The summed E-state index contributed by atoms with van der Waals surface area (Å²) >= 11 is 0. The van der Waals surface area contributed by atoms with Gasteiger partial charge in [0.2, 0.25) is 5.95 Å². The molecule has 0 spiro atoms. The predicted octanol–water partition coefficient (Wildman–Crippen LogP) is 5.15. The third kappa shape index (κ3) is 6.24. The monoisotopic (exact) mass is 581 g/mol. The van der Waals surface area contributed by atoms with Gasteiger partial charge in [-0.3, -0.25) is 0 Å². The number of alkyl halides is 3. The van der Waals surface area contributed by atoms with Crippen molar-refractivity contribution in [1.82, 2.24) is 20.3 Å². The van der Waals surface area contributed by atoms with Gasteiger partial charge in [0, 0.05) is 40.7 Å². The van der Waals surface area contributed by atoms with Crippen molar-refractivity contribution in [2.75, 3.05) is 25.8 Å². The van der Waals surface area contributed by atoms with Gasteiger partial charge in [-0.25, -0.2) is 19.6 Å². The first kappa shape index (κ1) is 29.4. The number of amides is 1. The zero-order valence-electron chi connectivity index (χ0n) is 22.9. The Kier molecular flexibility index (Phi) is 7.66. The number of ether oxygens (including phenoxy) is 2. The summed E-state index contributed by atoms with van der Waals surface area (Å²) in [6.07, 6.45) is -2.22. The molecular formula is C26H31F3N5O5P. The number of esters is 1. The lowest BCUT2D eigenvalue weighted by atomic mass is 9.87. The van der Waals surface area contributed by atoms with Crippen LogP contribution in [0.2, 0.25) is 0 Å². The van der Waals surface area contributed by atoms with E-state index in [9.17, 15) is 27.3 Å². The van der Waals surface area contributed by atoms with Gasteiger partial charge < -0.3 is 29.7 Å². The summed E-state index contributed by atoms with van der Waals surface area (Å²) in [5, 5.41) is 6.28. The van der Waals surface area contributed by atoms with Crippen LogP contribution in [0.1, 0.15) is 49.5 Å². The summed E-state index contributed by atoms with van der Waals surface area (Å²) in [4.78, 5) is 35.3. The number of rotatable bonds is 6. The zero-order chi connectivity index (χ0) is 29.6. The normalized spacial score (nSPS) is 17.7. The fourth-order valence-corrected chi connectivity index (χ4v) is 6.06. The number of fused-ring (bicyclic) bond motifs is 1. The number of nitrogens with one attached hydrogen (secondary N) is 3. The first-order chi connectivity index (χ1) is 18.5. The fraction of sp³-hybridized carbons (Fsp3) is 0.462. The summed E-state index contributed by atoms with van der Waals surface area (Å²) in [5.41, 5.74) is -1.62. The van der Waals surface area contributed by atoms with Gasteiger partial charge in [-0.15, -0.1) is 0 Å². The van der Waals surface area contributed by atoms with Gasteiger partial charge in [-0.2, -0.15) is 13.2 Å². The zero-order valence-corrected chi connectivity index (χ0v) is 23.8. The number of carbonyl (C=O) groups excluding carboxylic acids is 2. The quantitative estimate of drug-likeness (QED) is 0.269. The van der Waals surface area contributed by atoms with Crippen molar-refractivity contribution in [1.29, 1.82) is 0 Å². The summed E-state index contributed by atoms with van der Waals surface area (Å²) in [6, 6.07) is 2.53. The Balaban J connectivity index is 1.66. The standard InChI is InChI=1S/C26H31F3N5O5P/c1-25(2,3)39-24(36)33-14-9-13(10-14)32-23-31-12-18(26(27,28)29)19(34-23)17-11-30-20-15(17)7-8-16(22(35)38-4)21(20)40(5,6)37/h7-8,11-14,30H,9-10H2,1-6H3,(H,33,36)(H,31,32,34)/t13-,14-. The number of methoxy groups -OCH3 is 1. The number of benzene rings is 1. The van der Waals surface area contributed by atoms with E-state index in [0.29, 0.717) is 24.4 Å². The molecule has 1 fully saturated rings. The lowest BCUT2D eigenvalue weighted by Crippen LogP contribution is -2.50. The summed E-state index contributed by atoms with van der Waals surface area (Å²) < 4.78 is 65.3. The highest BCUT2D eigenvalue weighted by Crippen LogP contribution is 2.43. The lowest BCUT2D eigenvalue weighted by molar-refractivity contribution is -0.137. The first-order valence-corrected chi connectivity index (χ1v) is 15.1. The predicted molar refractivity (Wildman–Crippen MR) is 145 cm³/mol. The molecule has 216 valence electrons. The Morgan fingerprint density at radius 3 is 2.38 bits per heavy atom. The minimum absolute atomic E-state index is 0.0128. The lowest BCUT2D eigenvalue weighted by Gasteiger charge is -2.36. The number of alkyl carbamates (subject to hydrolysis) is 1. The molecule has 40 heavy (non-hydrogen) atoms. The molecule has 0 bridgehead atoms. The van der Waals surface area contributed by atoms with Crippen molar-refractivity contribution < 1.29 is 36.8 Å². The van der Waals surface area contributed by atoms with Crippen molar-refractivity contribution in [3.05, 3.63) is 35.7 Å².